The van der Waals surface area contributed by atoms with E-state index in [1.165, 1.54) is 0 Å². The first-order chi connectivity index (χ1) is 16.1. The molecule has 4 N–H and O–H groups in total. The Hall–Kier alpha value is -3.69. The second-order valence-electron chi connectivity index (χ2n) is 7.40. The van der Waals surface area contributed by atoms with Crippen molar-refractivity contribution in [1.29, 1.82) is 0 Å². The Labute approximate surface area is 195 Å². The molecule has 0 aliphatic heterocycles. The van der Waals surface area contributed by atoms with E-state index in [-0.39, 0.29) is 11.8 Å². The quantitative estimate of drug-likeness (QED) is 0.263. The van der Waals surface area contributed by atoms with Crippen LogP contribution >= 0.6 is 11.3 Å². The van der Waals surface area contributed by atoms with E-state index < -0.39 is 0 Å². The highest BCUT2D eigenvalue weighted by atomic mass is 32.1. The molecule has 2 aromatic heterocycles. The average molecular weight is 464 g/mol. The minimum Gasteiger partial charge on any atom is -0.385 e. The Morgan fingerprint density at radius 3 is 2.64 bits per heavy atom. The topological polar surface area (TPSA) is 108 Å². The lowest BCUT2D eigenvalue weighted by Crippen LogP contribution is -2.22. The van der Waals surface area contributed by atoms with Gasteiger partial charge in [0.25, 0.3) is 11.8 Å². The molecular formula is C24H25N5O3S. The molecule has 9 heteroatoms. The van der Waals surface area contributed by atoms with E-state index in [2.05, 4.69) is 26.1 Å². The number of benzene rings is 2. The standard InChI is InChI=1S/C24H25N5O3S/c1-32-12-3-11-25-18-8-5-16(6-9-18)24(31)27-22-20-14-17(7-10-21(20)28-29-22)23(30)26-15-19-4-2-13-33-19/h2,4-10,13-14,25H,3,11-12,15H2,1H3,(H,26,30)(H2,27,28,29,31). The lowest BCUT2D eigenvalue weighted by atomic mass is 10.1. The maximum atomic E-state index is 12.7. The van der Waals surface area contributed by atoms with E-state index in [0.717, 1.165) is 29.0 Å². The number of nitrogens with one attached hydrogen (secondary N) is 4. The SMILES string of the molecule is COCCCNc1ccc(C(=O)Nc2n[nH]c3ccc(C(=O)NCc4cccs4)cc23)cc1. The van der Waals surface area contributed by atoms with Crippen molar-refractivity contribution < 1.29 is 14.3 Å². The van der Waals surface area contributed by atoms with Crippen LogP contribution in [0.25, 0.3) is 10.9 Å². The van der Waals surface area contributed by atoms with Crippen LogP contribution in [0.1, 0.15) is 32.0 Å². The normalized spacial score (nSPS) is 10.8. The number of carbonyl (C=O) groups is 2. The van der Waals surface area contributed by atoms with Crippen molar-refractivity contribution in [1.82, 2.24) is 15.5 Å². The molecule has 0 saturated carbocycles. The maximum Gasteiger partial charge on any atom is 0.256 e. The summed E-state index contributed by atoms with van der Waals surface area (Å²) in [6.45, 7) is 1.96. The molecule has 2 aromatic carbocycles. The third-order valence-electron chi connectivity index (χ3n) is 5.06. The highest BCUT2D eigenvalue weighted by Crippen LogP contribution is 2.23. The summed E-state index contributed by atoms with van der Waals surface area (Å²) < 4.78 is 5.04. The number of rotatable bonds is 10. The zero-order valence-electron chi connectivity index (χ0n) is 18.2. The average Bonchev–Trinajstić information content (AvgIpc) is 3.50. The molecule has 0 spiro atoms. The molecule has 0 aliphatic rings. The summed E-state index contributed by atoms with van der Waals surface area (Å²) in [6, 6.07) is 16.4. The van der Waals surface area contributed by atoms with E-state index in [9.17, 15) is 9.59 Å². The fourth-order valence-electron chi connectivity index (χ4n) is 3.30. The number of aromatic amines is 1. The third kappa shape index (κ3) is 5.76. The van der Waals surface area contributed by atoms with Crippen molar-refractivity contribution in [3.63, 3.8) is 0 Å². The number of nitrogens with zero attached hydrogens (tertiary/aromatic N) is 1. The summed E-state index contributed by atoms with van der Waals surface area (Å²) in [7, 11) is 1.68. The predicted octanol–water partition coefficient (Wildman–Crippen LogP) is 4.26. The Kier molecular flexibility index (Phi) is 7.33. The third-order valence-corrected chi connectivity index (χ3v) is 5.94. The monoisotopic (exact) mass is 463 g/mol. The van der Waals surface area contributed by atoms with Gasteiger partial charge in [-0.25, -0.2) is 0 Å². The lowest BCUT2D eigenvalue weighted by molar-refractivity contribution is 0.0950. The molecule has 2 amide bonds. The van der Waals surface area contributed by atoms with Gasteiger partial charge in [-0.2, -0.15) is 5.10 Å². The van der Waals surface area contributed by atoms with E-state index in [1.54, 1.807) is 48.8 Å². The maximum absolute atomic E-state index is 12.7. The number of hydrogen-bond donors (Lipinski definition) is 4. The van der Waals surface area contributed by atoms with E-state index in [4.69, 9.17) is 4.74 Å². The van der Waals surface area contributed by atoms with Crippen LogP contribution in [0.4, 0.5) is 11.5 Å². The second kappa shape index (κ2) is 10.8. The molecule has 33 heavy (non-hydrogen) atoms. The smallest absolute Gasteiger partial charge is 0.256 e. The summed E-state index contributed by atoms with van der Waals surface area (Å²) >= 11 is 1.59. The number of ether oxygens (including phenoxy) is 1. The van der Waals surface area contributed by atoms with Crippen LogP contribution < -0.4 is 16.0 Å². The number of amides is 2. The molecule has 170 valence electrons. The van der Waals surface area contributed by atoms with Gasteiger partial charge in [-0.1, -0.05) is 6.07 Å². The van der Waals surface area contributed by atoms with Gasteiger partial charge in [-0.3, -0.25) is 14.7 Å². The summed E-state index contributed by atoms with van der Waals surface area (Å²) in [5, 5.41) is 18.8. The Bertz CT molecular complexity index is 1220. The number of aromatic nitrogens is 2. The highest BCUT2D eigenvalue weighted by molar-refractivity contribution is 7.09. The zero-order valence-corrected chi connectivity index (χ0v) is 19.0. The summed E-state index contributed by atoms with van der Waals surface area (Å²) in [5.41, 5.74) is 2.68. The molecule has 4 aromatic rings. The molecule has 0 fully saturated rings. The Balaban J connectivity index is 1.41. The molecule has 0 bridgehead atoms. The van der Waals surface area contributed by atoms with Crippen LogP contribution in [-0.2, 0) is 11.3 Å². The van der Waals surface area contributed by atoms with Gasteiger partial charge in [-0.15, -0.1) is 11.3 Å². The van der Waals surface area contributed by atoms with E-state index >= 15 is 0 Å². The minimum absolute atomic E-state index is 0.183. The summed E-state index contributed by atoms with van der Waals surface area (Å²) in [6.07, 6.45) is 0.902. The number of hydrogen-bond acceptors (Lipinski definition) is 6. The molecule has 0 radical (unpaired) electrons. The van der Waals surface area contributed by atoms with Crippen LogP contribution in [0.2, 0.25) is 0 Å². The Morgan fingerprint density at radius 1 is 1.06 bits per heavy atom. The minimum atomic E-state index is -0.276. The first kappa shape index (κ1) is 22.5. The van der Waals surface area contributed by atoms with Crippen molar-refractivity contribution >= 4 is 45.6 Å². The van der Waals surface area contributed by atoms with E-state index in [0.29, 0.717) is 35.5 Å². The van der Waals surface area contributed by atoms with Gasteiger partial charge < -0.3 is 20.7 Å². The van der Waals surface area contributed by atoms with Crippen molar-refractivity contribution in [2.24, 2.45) is 0 Å². The second-order valence-corrected chi connectivity index (χ2v) is 8.43. The first-order valence-corrected chi connectivity index (χ1v) is 11.4. The number of thiophene rings is 1. The number of fused-ring (bicyclic) bond motifs is 1. The van der Waals surface area contributed by atoms with Crippen LogP contribution in [0.5, 0.6) is 0 Å². The molecule has 8 nitrogen and oxygen atoms in total. The van der Waals surface area contributed by atoms with Gasteiger partial charge in [0.05, 0.1) is 12.1 Å². The molecule has 0 aliphatic carbocycles. The number of methoxy groups -OCH3 is 1. The molecule has 0 unspecified atom stereocenters. The largest absolute Gasteiger partial charge is 0.385 e. The summed E-state index contributed by atoms with van der Waals surface area (Å²) in [5.74, 6) is -0.0797. The van der Waals surface area contributed by atoms with Gasteiger partial charge in [0.2, 0.25) is 0 Å². The number of carbonyl (C=O) groups excluding carboxylic acids is 2. The summed E-state index contributed by atoms with van der Waals surface area (Å²) in [4.78, 5) is 26.4. The van der Waals surface area contributed by atoms with Gasteiger partial charge in [0.1, 0.15) is 0 Å². The van der Waals surface area contributed by atoms with Crippen molar-refractivity contribution in [3.05, 3.63) is 76.0 Å². The van der Waals surface area contributed by atoms with Gasteiger partial charge >= 0.3 is 0 Å². The zero-order chi connectivity index (χ0) is 23.0. The first-order valence-electron chi connectivity index (χ1n) is 10.6. The molecule has 0 atom stereocenters. The van der Waals surface area contributed by atoms with Gasteiger partial charge in [-0.05, 0) is 60.3 Å². The Morgan fingerprint density at radius 2 is 1.88 bits per heavy atom. The van der Waals surface area contributed by atoms with Crippen molar-refractivity contribution in [2.45, 2.75) is 13.0 Å². The van der Waals surface area contributed by atoms with Crippen LogP contribution in [0, 0.1) is 0 Å². The highest BCUT2D eigenvalue weighted by Gasteiger charge is 2.14. The van der Waals surface area contributed by atoms with E-state index in [1.807, 2.05) is 29.6 Å². The molecule has 2 heterocycles. The lowest BCUT2D eigenvalue weighted by Gasteiger charge is -2.08. The van der Waals surface area contributed by atoms with Crippen LogP contribution in [0.15, 0.2) is 60.0 Å². The van der Waals surface area contributed by atoms with Crippen LogP contribution in [-0.4, -0.2) is 42.3 Å². The fourth-order valence-corrected chi connectivity index (χ4v) is 3.95. The van der Waals surface area contributed by atoms with Gasteiger partial charge in [0, 0.05) is 47.3 Å². The number of H-pyrrole nitrogens is 1. The molecule has 0 saturated heterocycles. The van der Waals surface area contributed by atoms with Crippen LogP contribution in [0.3, 0.4) is 0 Å². The number of anilines is 2. The molecule has 4 rings (SSSR count). The fraction of sp³-hybridized carbons (Fsp3) is 0.208. The molecular weight excluding hydrogens is 438 g/mol. The van der Waals surface area contributed by atoms with Crippen molar-refractivity contribution in [2.75, 3.05) is 30.9 Å². The predicted molar refractivity (Wildman–Crippen MR) is 131 cm³/mol. The van der Waals surface area contributed by atoms with Gasteiger partial charge in [0.15, 0.2) is 5.82 Å². The van der Waals surface area contributed by atoms with Crippen molar-refractivity contribution in [3.8, 4) is 0 Å².